The molecule has 28 heteroatoms. The largest absolute Gasteiger partial charge is 0.504 e. The maximum atomic E-state index is 15.0. The molecule has 4 saturated heterocycles. The number of amides is 6. The molecule has 6 amide bonds. The molecule has 4 aliphatic rings. The number of anilines is 1. The van der Waals surface area contributed by atoms with E-state index in [9.17, 15) is 74.7 Å². The standard InChI is InChI=1S/C65H92N10O17S/c1-6-7-19-65(92-5)20-23-73(24-21-65)43-15-13-41(14-16-43)62-69-31-52(93-62)40-11-8-38(9-12-40)29-67-46-27-44(79)30-68-61(88)56-57(84)36(2)32-75(56)64(90)55(49(82)18-22-66-42(34-76)35-77)72-60(87)54(50(83)25-39-10-17-48(81)51(26-39)91-4)71-59(86)47-28-45(80)33-74(47)63(89)53(37(3)78)70-58(46)85/h8-17,26,31,36-37,42,44-47,49-50,53-57,66-67,76-84H,6-7,18-25,27-30,32-35H2,1-5H3,(H,68,88)(H,70,85)(H,71,86)(H,72,87)/t36-,37+,44+,45+,46-,47-,49+,50+,53-,54-,55-,56-,57-/m0/s1. The molecule has 0 unspecified atom stereocenters. The van der Waals surface area contributed by atoms with E-state index in [1.54, 1.807) is 13.1 Å². The van der Waals surface area contributed by atoms with E-state index >= 15 is 0 Å². The Bertz CT molecular complexity index is 3150. The summed E-state index contributed by atoms with van der Waals surface area (Å²) in [6, 6.07) is 8.61. The van der Waals surface area contributed by atoms with Crippen molar-refractivity contribution in [2.75, 3.05) is 71.6 Å². The van der Waals surface area contributed by atoms with Crippen LogP contribution in [0.15, 0.2) is 72.9 Å². The lowest BCUT2D eigenvalue weighted by atomic mass is 9.86. The van der Waals surface area contributed by atoms with Crippen LogP contribution in [0.3, 0.4) is 0 Å². The first-order valence-corrected chi connectivity index (χ1v) is 32.7. The molecule has 4 fully saturated rings. The number of carbonyl (C=O) groups excluding carboxylic acids is 6. The molecule has 0 aliphatic carbocycles. The van der Waals surface area contributed by atoms with Gasteiger partial charge in [0.25, 0.3) is 0 Å². The average Bonchev–Trinajstić information content (AvgIpc) is 1.77. The molecule has 15 N–H and O–H groups in total. The lowest BCUT2D eigenvalue weighted by Crippen LogP contribution is -2.64. The zero-order valence-corrected chi connectivity index (χ0v) is 54.0. The number of rotatable bonds is 22. The van der Waals surface area contributed by atoms with Gasteiger partial charge in [-0.3, -0.25) is 28.8 Å². The molecule has 13 atom stereocenters. The van der Waals surface area contributed by atoms with Crippen molar-refractivity contribution in [2.24, 2.45) is 5.92 Å². The van der Waals surface area contributed by atoms with E-state index < -0.39 is 166 Å². The van der Waals surface area contributed by atoms with Crippen molar-refractivity contribution in [3.05, 3.63) is 84.1 Å². The number of phenols is 1. The molecule has 27 nitrogen and oxygen atoms in total. The van der Waals surface area contributed by atoms with Crippen molar-refractivity contribution in [1.82, 2.24) is 46.7 Å². The third-order valence-corrected chi connectivity index (χ3v) is 19.4. The highest BCUT2D eigenvalue weighted by molar-refractivity contribution is 7.18. The van der Waals surface area contributed by atoms with Gasteiger partial charge in [-0.2, -0.15) is 0 Å². The molecule has 93 heavy (non-hydrogen) atoms. The molecule has 0 bridgehead atoms. The summed E-state index contributed by atoms with van der Waals surface area (Å²) in [7, 11) is 3.10. The zero-order chi connectivity index (χ0) is 67.3. The van der Waals surface area contributed by atoms with Crippen LogP contribution in [0.5, 0.6) is 11.5 Å². The molecule has 8 rings (SSSR count). The number of β-amino-alcohol motifs (C(OH)–C–C–N with tert-alkyl or cyclic N) is 1. The summed E-state index contributed by atoms with van der Waals surface area (Å²) in [6.45, 7) is 4.32. The Kier molecular flexibility index (Phi) is 25.5. The van der Waals surface area contributed by atoms with Crippen LogP contribution < -0.4 is 41.5 Å². The Morgan fingerprint density at radius 3 is 2.08 bits per heavy atom. The SMILES string of the molecule is CCCCC1(OC)CCN(c2ccc(-c3ncc(-c4ccc(CN[C@H]5C[C@@H](O)CNC(=O)[C@@H]6[C@@H](O)[C@@H](C)CN6C(=O)[C@H]([C@H](O)CCNC(CO)CO)NC(=O)[C@H]([C@H](O)Cc6ccc(O)c(OC)c6)NC(=O)[C@@H]6C[C@@H](O)CN6C(=O)[C@H]([C@@H](C)O)NC5=O)cc4)s3)cc2)CC1. The second-order valence-corrected chi connectivity index (χ2v) is 26.0. The molecule has 1 aromatic heterocycles. The van der Waals surface area contributed by atoms with Crippen LogP contribution in [0, 0.1) is 5.92 Å². The number of thiazole rings is 1. The number of nitrogens with one attached hydrogen (secondary N) is 6. The van der Waals surface area contributed by atoms with E-state index in [0.29, 0.717) is 5.56 Å². The van der Waals surface area contributed by atoms with E-state index in [2.05, 4.69) is 68.0 Å². The minimum Gasteiger partial charge on any atom is -0.504 e. The lowest BCUT2D eigenvalue weighted by Gasteiger charge is -2.42. The minimum atomic E-state index is -2.04. The van der Waals surface area contributed by atoms with E-state index in [1.165, 1.54) is 43.6 Å². The fourth-order valence-electron chi connectivity index (χ4n) is 12.6. The number of hydrogen-bond donors (Lipinski definition) is 15. The molecule has 0 saturated carbocycles. The van der Waals surface area contributed by atoms with Crippen molar-refractivity contribution in [3.63, 3.8) is 0 Å². The molecule has 3 aromatic carbocycles. The zero-order valence-electron chi connectivity index (χ0n) is 53.2. The summed E-state index contributed by atoms with van der Waals surface area (Å²) in [5.74, 6) is -7.39. The fraction of sp³-hybridized carbons (Fsp3) is 0.585. The number of aromatic nitrogens is 1. The number of fused-ring (bicyclic) bond motifs is 2. The number of phenolic OH excluding ortho intramolecular Hbond substituents is 1. The number of methoxy groups -OCH3 is 2. The highest BCUT2D eigenvalue weighted by Gasteiger charge is 2.50. The second-order valence-electron chi connectivity index (χ2n) is 25.0. The van der Waals surface area contributed by atoms with Crippen molar-refractivity contribution in [2.45, 2.75) is 170 Å². The van der Waals surface area contributed by atoms with Crippen LogP contribution in [0.25, 0.3) is 21.0 Å². The van der Waals surface area contributed by atoms with Crippen LogP contribution >= 0.6 is 11.3 Å². The van der Waals surface area contributed by atoms with Gasteiger partial charge >= 0.3 is 0 Å². The second kappa shape index (κ2) is 33.0. The van der Waals surface area contributed by atoms with Crippen LogP contribution in [0.2, 0.25) is 0 Å². The smallest absolute Gasteiger partial charge is 0.248 e. The van der Waals surface area contributed by atoms with Gasteiger partial charge in [0.05, 0.1) is 79.5 Å². The van der Waals surface area contributed by atoms with Gasteiger partial charge in [0.2, 0.25) is 35.4 Å². The maximum absolute atomic E-state index is 15.0. The molecular weight excluding hydrogens is 1220 g/mol. The number of benzene rings is 3. The first-order chi connectivity index (χ1) is 44.5. The van der Waals surface area contributed by atoms with Gasteiger partial charge < -0.3 is 102 Å². The van der Waals surface area contributed by atoms with Gasteiger partial charge in [-0.05, 0) is 98.7 Å². The number of aliphatic hydroxyl groups is 8. The molecular formula is C65H92N10O17S. The molecule has 0 radical (unpaired) electrons. The minimum absolute atomic E-state index is 0.00602. The number of unbranched alkanes of at least 4 members (excludes halogenated alkanes) is 1. The lowest BCUT2D eigenvalue weighted by molar-refractivity contribution is -0.147. The van der Waals surface area contributed by atoms with Crippen LogP contribution in [0.1, 0.15) is 83.3 Å². The Balaban J connectivity index is 1.05. The number of nitrogens with zero attached hydrogens (tertiary/aromatic N) is 4. The summed E-state index contributed by atoms with van der Waals surface area (Å²) >= 11 is 1.53. The Morgan fingerprint density at radius 2 is 1.42 bits per heavy atom. The molecule has 4 aliphatic heterocycles. The predicted octanol–water partition coefficient (Wildman–Crippen LogP) is -0.992. The summed E-state index contributed by atoms with van der Waals surface area (Å²) in [5, 5.41) is 116. The quantitative estimate of drug-likeness (QED) is 0.0449. The Hall–Kier alpha value is -6.93. The summed E-state index contributed by atoms with van der Waals surface area (Å²) in [6.07, 6.45) is -4.31. The fourth-order valence-corrected chi connectivity index (χ4v) is 13.5. The van der Waals surface area contributed by atoms with Crippen LogP contribution in [-0.4, -0.2) is 247 Å². The molecule has 4 aromatic rings. The number of piperidine rings is 1. The van der Waals surface area contributed by atoms with Gasteiger partial charge in [0.1, 0.15) is 35.2 Å². The summed E-state index contributed by atoms with van der Waals surface area (Å²) < 4.78 is 11.2. The van der Waals surface area contributed by atoms with Crippen molar-refractivity contribution in [3.8, 4) is 32.5 Å². The molecule has 510 valence electrons. The molecule has 5 heterocycles. The topological polar surface area (TPSA) is 398 Å². The van der Waals surface area contributed by atoms with E-state index in [-0.39, 0.29) is 48.7 Å². The maximum Gasteiger partial charge on any atom is 0.248 e. The number of hydrogen-bond acceptors (Lipinski definition) is 22. The third-order valence-electron chi connectivity index (χ3n) is 18.3. The first-order valence-electron chi connectivity index (χ1n) is 31.9. The van der Waals surface area contributed by atoms with Crippen molar-refractivity contribution >= 4 is 52.5 Å². The number of aliphatic hydroxyl groups excluding tert-OH is 8. The van der Waals surface area contributed by atoms with Gasteiger partial charge in [-0.15, -0.1) is 11.3 Å². The Labute approximate surface area is 544 Å². The van der Waals surface area contributed by atoms with E-state index in [0.717, 1.165) is 81.7 Å². The number of carbonyl (C=O) groups is 6. The number of ether oxygens (including phenoxy) is 2. The number of aromatic hydroxyl groups is 1. The first kappa shape index (κ1) is 71.9. The van der Waals surface area contributed by atoms with E-state index in [1.807, 2.05) is 31.4 Å². The van der Waals surface area contributed by atoms with Crippen LogP contribution in [-0.2, 0) is 46.5 Å². The van der Waals surface area contributed by atoms with Gasteiger partial charge in [0, 0.05) is 82.6 Å². The average molecular weight is 1320 g/mol. The monoisotopic (exact) mass is 1320 g/mol. The summed E-state index contributed by atoms with van der Waals surface area (Å²) in [5.41, 5.74) is 3.90. The Morgan fingerprint density at radius 1 is 0.763 bits per heavy atom. The van der Waals surface area contributed by atoms with Gasteiger partial charge in [0.15, 0.2) is 11.5 Å². The van der Waals surface area contributed by atoms with Crippen LogP contribution in [0.4, 0.5) is 5.69 Å². The van der Waals surface area contributed by atoms with Gasteiger partial charge in [-0.1, -0.05) is 57.0 Å². The normalized spacial score (nSPS) is 26.3. The molecule has 0 spiro atoms. The van der Waals surface area contributed by atoms with Gasteiger partial charge in [-0.25, -0.2) is 4.98 Å². The van der Waals surface area contributed by atoms with E-state index in [4.69, 9.17) is 14.5 Å². The summed E-state index contributed by atoms with van der Waals surface area (Å²) in [4.78, 5) is 97.9. The van der Waals surface area contributed by atoms with Crippen molar-refractivity contribution < 1.29 is 84.2 Å². The highest BCUT2D eigenvalue weighted by atomic mass is 32.1. The predicted molar refractivity (Wildman–Crippen MR) is 343 cm³/mol. The highest BCUT2D eigenvalue weighted by Crippen LogP contribution is 2.37. The van der Waals surface area contributed by atoms with Crippen molar-refractivity contribution in [1.29, 1.82) is 0 Å². The third kappa shape index (κ3) is 17.9.